The Hall–Kier alpha value is -0.460. The molecular formula is C8H6BrClF3NO. The van der Waals surface area contributed by atoms with Gasteiger partial charge in [0.2, 0.25) is 0 Å². The largest absolute Gasteiger partial charge is 0.506 e. The zero-order chi connectivity index (χ0) is 11.8. The van der Waals surface area contributed by atoms with Crippen molar-refractivity contribution in [2.24, 2.45) is 5.73 Å². The lowest BCUT2D eigenvalue weighted by atomic mass is 10.1. The van der Waals surface area contributed by atoms with Crippen LogP contribution in [0.4, 0.5) is 13.2 Å². The van der Waals surface area contributed by atoms with Crippen LogP contribution in [0.2, 0.25) is 5.02 Å². The maximum absolute atomic E-state index is 12.3. The standard InChI is InChI=1S/C8H6BrClF3NO/c9-3-1-4(6(15)5(10)2-3)7(14)8(11,12)13/h1-2,7,15H,14H2/t7-/m1/s1. The maximum Gasteiger partial charge on any atom is 0.407 e. The Kier molecular flexibility index (Phi) is 3.52. The third kappa shape index (κ3) is 2.76. The third-order valence-corrected chi connectivity index (χ3v) is 2.49. The lowest BCUT2D eigenvalue weighted by Crippen LogP contribution is -2.28. The fourth-order valence-electron chi connectivity index (χ4n) is 0.999. The molecule has 0 bridgehead atoms. The number of alkyl halides is 3. The molecule has 1 aromatic carbocycles. The minimum absolute atomic E-state index is 0.181. The molecular weight excluding hydrogens is 298 g/mol. The van der Waals surface area contributed by atoms with Crippen LogP contribution in [-0.2, 0) is 0 Å². The fraction of sp³-hybridized carbons (Fsp3) is 0.250. The molecule has 0 aromatic heterocycles. The average molecular weight is 304 g/mol. The Bertz CT molecular complexity index is 383. The summed E-state index contributed by atoms with van der Waals surface area (Å²) in [5.41, 5.74) is 4.49. The van der Waals surface area contributed by atoms with E-state index < -0.39 is 23.5 Å². The molecule has 0 fully saturated rings. The lowest BCUT2D eigenvalue weighted by Gasteiger charge is -2.17. The van der Waals surface area contributed by atoms with Crippen LogP contribution in [0.3, 0.4) is 0 Å². The number of nitrogens with two attached hydrogens (primary N) is 1. The van der Waals surface area contributed by atoms with Gasteiger partial charge in [-0.2, -0.15) is 13.2 Å². The van der Waals surface area contributed by atoms with Crippen molar-refractivity contribution in [1.82, 2.24) is 0 Å². The Morgan fingerprint density at radius 1 is 1.40 bits per heavy atom. The van der Waals surface area contributed by atoms with Crippen molar-refractivity contribution in [3.8, 4) is 5.75 Å². The third-order valence-electron chi connectivity index (χ3n) is 1.75. The van der Waals surface area contributed by atoms with E-state index in [4.69, 9.17) is 17.3 Å². The number of phenolic OH excluding ortho intramolecular Hbond substituents is 1. The van der Waals surface area contributed by atoms with Gasteiger partial charge in [0.05, 0.1) is 5.02 Å². The van der Waals surface area contributed by atoms with Crippen molar-refractivity contribution in [2.75, 3.05) is 0 Å². The molecule has 0 radical (unpaired) electrons. The lowest BCUT2D eigenvalue weighted by molar-refractivity contribution is -0.149. The first-order chi connectivity index (χ1) is 6.73. The number of phenols is 1. The SMILES string of the molecule is N[C@H](c1cc(Br)cc(Cl)c1O)C(F)(F)F. The van der Waals surface area contributed by atoms with Crippen LogP contribution in [0.25, 0.3) is 0 Å². The van der Waals surface area contributed by atoms with Gasteiger partial charge < -0.3 is 10.8 Å². The Balaban J connectivity index is 3.25. The van der Waals surface area contributed by atoms with E-state index in [0.717, 1.165) is 6.07 Å². The van der Waals surface area contributed by atoms with Crippen molar-refractivity contribution in [2.45, 2.75) is 12.2 Å². The van der Waals surface area contributed by atoms with E-state index in [1.54, 1.807) is 0 Å². The van der Waals surface area contributed by atoms with Crippen LogP contribution in [0.15, 0.2) is 16.6 Å². The minimum Gasteiger partial charge on any atom is -0.506 e. The van der Waals surface area contributed by atoms with E-state index in [-0.39, 0.29) is 5.02 Å². The highest BCUT2D eigenvalue weighted by molar-refractivity contribution is 9.10. The Morgan fingerprint density at radius 2 is 1.93 bits per heavy atom. The normalized spacial score (nSPS) is 14.0. The smallest absolute Gasteiger partial charge is 0.407 e. The Morgan fingerprint density at radius 3 is 2.40 bits per heavy atom. The maximum atomic E-state index is 12.3. The van der Waals surface area contributed by atoms with Crippen LogP contribution in [-0.4, -0.2) is 11.3 Å². The first kappa shape index (κ1) is 12.6. The molecule has 3 N–H and O–H groups in total. The van der Waals surface area contributed by atoms with Crippen molar-refractivity contribution in [3.05, 3.63) is 27.2 Å². The molecule has 2 nitrogen and oxygen atoms in total. The van der Waals surface area contributed by atoms with Crippen LogP contribution in [0, 0.1) is 0 Å². The number of hydrogen-bond acceptors (Lipinski definition) is 2. The van der Waals surface area contributed by atoms with Crippen LogP contribution in [0.5, 0.6) is 5.75 Å². The summed E-state index contributed by atoms with van der Waals surface area (Å²) in [4.78, 5) is 0. The molecule has 1 atom stereocenters. The number of benzene rings is 1. The van der Waals surface area contributed by atoms with E-state index in [9.17, 15) is 18.3 Å². The second kappa shape index (κ2) is 4.19. The molecule has 0 saturated carbocycles. The first-order valence-electron chi connectivity index (χ1n) is 3.73. The molecule has 0 aliphatic heterocycles. The molecule has 0 spiro atoms. The number of aromatic hydroxyl groups is 1. The summed E-state index contributed by atoms with van der Waals surface area (Å²) in [5, 5.41) is 9.14. The van der Waals surface area contributed by atoms with Crippen molar-refractivity contribution in [3.63, 3.8) is 0 Å². The Labute approximate surface area is 97.0 Å². The van der Waals surface area contributed by atoms with E-state index >= 15 is 0 Å². The van der Waals surface area contributed by atoms with E-state index in [2.05, 4.69) is 15.9 Å². The summed E-state index contributed by atoms with van der Waals surface area (Å²) < 4.78 is 37.2. The van der Waals surface area contributed by atoms with Crippen molar-refractivity contribution in [1.29, 1.82) is 0 Å². The molecule has 1 rings (SSSR count). The summed E-state index contributed by atoms with van der Waals surface area (Å²) in [6.07, 6.45) is -4.62. The molecule has 0 unspecified atom stereocenters. The van der Waals surface area contributed by atoms with Crippen molar-refractivity contribution < 1.29 is 18.3 Å². The van der Waals surface area contributed by atoms with Crippen molar-refractivity contribution >= 4 is 27.5 Å². The molecule has 84 valence electrons. The highest BCUT2D eigenvalue weighted by Gasteiger charge is 2.39. The number of halogens is 5. The molecule has 1 aromatic rings. The van der Waals surface area contributed by atoms with Gasteiger partial charge in [0.1, 0.15) is 11.8 Å². The molecule has 0 aliphatic rings. The highest BCUT2D eigenvalue weighted by Crippen LogP contribution is 2.39. The summed E-state index contributed by atoms with van der Waals surface area (Å²) in [6.45, 7) is 0. The second-order valence-corrected chi connectivity index (χ2v) is 4.17. The molecule has 0 amide bonds. The predicted octanol–water partition coefficient (Wildman–Crippen LogP) is 3.37. The van der Waals surface area contributed by atoms with Gasteiger partial charge in [-0.1, -0.05) is 27.5 Å². The zero-order valence-electron chi connectivity index (χ0n) is 7.15. The van der Waals surface area contributed by atoms with Gasteiger partial charge in [0.15, 0.2) is 0 Å². The summed E-state index contributed by atoms with van der Waals surface area (Å²) >= 11 is 8.47. The molecule has 7 heteroatoms. The highest BCUT2D eigenvalue weighted by atomic mass is 79.9. The van der Waals surface area contributed by atoms with Gasteiger partial charge in [-0.15, -0.1) is 0 Å². The fourth-order valence-corrected chi connectivity index (χ4v) is 1.83. The topological polar surface area (TPSA) is 46.2 Å². The summed E-state index contributed by atoms with van der Waals surface area (Å²) in [7, 11) is 0. The van der Waals surface area contributed by atoms with Gasteiger partial charge in [-0.25, -0.2) is 0 Å². The number of rotatable bonds is 1. The van der Waals surface area contributed by atoms with E-state index in [0.29, 0.717) is 4.47 Å². The van der Waals surface area contributed by atoms with Crippen LogP contribution < -0.4 is 5.73 Å². The van der Waals surface area contributed by atoms with Crippen LogP contribution >= 0.6 is 27.5 Å². The molecule has 0 heterocycles. The minimum atomic E-state index is -4.62. The van der Waals surface area contributed by atoms with E-state index in [1.807, 2.05) is 0 Å². The van der Waals surface area contributed by atoms with Crippen LogP contribution in [0.1, 0.15) is 11.6 Å². The predicted molar refractivity (Wildman–Crippen MR) is 53.8 cm³/mol. The first-order valence-corrected chi connectivity index (χ1v) is 4.90. The van der Waals surface area contributed by atoms with E-state index in [1.165, 1.54) is 6.07 Å². The van der Waals surface area contributed by atoms with Gasteiger partial charge >= 0.3 is 6.18 Å². The number of hydrogen-bond donors (Lipinski definition) is 2. The quantitative estimate of drug-likeness (QED) is 0.835. The zero-order valence-corrected chi connectivity index (χ0v) is 9.49. The van der Waals surface area contributed by atoms with Gasteiger partial charge in [-0.05, 0) is 12.1 Å². The summed E-state index contributed by atoms with van der Waals surface area (Å²) in [5.74, 6) is -0.648. The second-order valence-electron chi connectivity index (χ2n) is 2.84. The summed E-state index contributed by atoms with van der Waals surface area (Å²) in [6, 6.07) is 0.107. The molecule has 0 saturated heterocycles. The average Bonchev–Trinajstić information content (AvgIpc) is 2.08. The van der Waals surface area contributed by atoms with Gasteiger partial charge in [-0.3, -0.25) is 0 Å². The molecule has 15 heavy (non-hydrogen) atoms. The monoisotopic (exact) mass is 303 g/mol. The molecule has 0 aliphatic carbocycles. The van der Waals surface area contributed by atoms with Gasteiger partial charge in [0.25, 0.3) is 0 Å². The van der Waals surface area contributed by atoms with Gasteiger partial charge in [0, 0.05) is 10.0 Å².